The molecule has 7 atom stereocenters. The summed E-state index contributed by atoms with van der Waals surface area (Å²) in [5.41, 5.74) is 2.25. The molecule has 0 spiro atoms. The molecule has 4 rings (SSSR count). The molecule has 1 amide bonds. The highest BCUT2D eigenvalue weighted by molar-refractivity contribution is 6.02. The third kappa shape index (κ3) is 8.56. The zero-order valence-corrected chi connectivity index (χ0v) is 25.5. The minimum Gasteiger partial charge on any atom is -0.465 e. The Hall–Kier alpha value is -4.14. The standard InChI is InChI=1S/C33H40N2O11/c1-3-18-44-32(42)29-27(38)26(37)28(39)33(46-29)45-25(36)19-35-24-13-9-8-12-21(24)15-17-22(30(35)40)34-23(31(41)43-4-2)16-14-20-10-6-5-7-11-20/h3,5-13,22-23,26-29,33-34,37-39H,1,4,14-19H2,2H3/t22-,23-,26?,27+,28+,29?,33-/m1/s1. The SMILES string of the molecule is C=CCOC(=O)C1O[C@@H](OC(=O)CN2C(=O)[C@H](N[C@H](CCc3ccccc3)C(=O)OCC)CCc3ccccc32)[C@@H](O)C(O)[C@@H]1O. The molecule has 46 heavy (non-hydrogen) atoms. The van der Waals surface area contributed by atoms with Crippen LogP contribution in [-0.4, -0.2) is 102 Å². The van der Waals surface area contributed by atoms with Crippen molar-refractivity contribution in [3.05, 3.63) is 78.4 Å². The van der Waals surface area contributed by atoms with Crippen LogP contribution in [0.15, 0.2) is 67.3 Å². The van der Waals surface area contributed by atoms with Gasteiger partial charge in [0.15, 0.2) is 6.10 Å². The lowest BCUT2D eigenvalue weighted by molar-refractivity contribution is -0.286. The molecule has 1 saturated heterocycles. The molecule has 1 fully saturated rings. The second-order valence-electron chi connectivity index (χ2n) is 10.9. The van der Waals surface area contributed by atoms with Gasteiger partial charge in [0.05, 0.1) is 12.6 Å². The number of para-hydroxylation sites is 1. The van der Waals surface area contributed by atoms with E-state index in [1.54, 1.807) is 25.1 Å². The Morgan fingerprint density at radius 2 is 1.76 bits per heavy atom. The Labute approximate surface area is 266 Å². The lowest BCUT2D eigenvalue weighted by atomic mass is 9.99. The summed E-state index contributed by atoms with van der Waals surface area (Å²) in [5.74, 6) is -3.08. The van der Waals surface area contributed by atoms with Gasteiger partial charge in [-0.15, -0.1) is 0 Å². The van der Waals surface area contributed by atoms with Crippen LogP contribution in [0.1, 0.15) is 30.9 Å². The molecule has 4 N–H and O–H groups in total. The third-order valence-electron chi connectivity index (χ3n) is 7.77. The van der Waals surface area contributed by atoms with E-state index in [0.29, 0.717) is 31.4 Å². The summed E-state index contributed by atoms with van der Waals surface area (Å²) in [4.78, 5) is 53.8. The zero-order valence-electron chi connectivity index (χ0n) is 25.5. The van der Waals surface area contributed by atoms with Gasteiger partial charge in [0.2, 0.25) is 12.2 Å². The maximum atomic E-state index is 14.0. The van der Waals surface area contributed by atoms with E-state index in [-0.39, 0.29) is 13.2 Å². The minimum atomic E-state index is -1.90. The van der Waals surface area contributed by atoms with Gasteiger partial charge < -0.3 is 34.3 Å². The molecule has 0 aliphatic carbocycles. The average molecular weight is 641 g/mol. The van der Waals surface area contributed by atoms with Crippen molar-refractivity contribution >= 4 is 29.5 Å². The number of amides is 1. The maximum absolute atomic E-state index is 14.0. The van der Waals surface area contributed by atoms with Crippen molar-refractivity contribution in [2.24, 2.45) is 0 Å². The van der Waals surface area contributed by atoms with E-state index in [4.69, 9.17) is 18.9 Å². The van der Waals surface area contributed by atoms with Gasteiger partial charge in [0.25, 0.3) is 0 Å². The third-order valence-corrected chi connectivity index (χ3v) is 7.77. The van der Waals surface area contributed by atoms with Gasteiger partial charge in [0.1, 0.15) is 37.5 Å². The maximum Gasteiger partial charge on any atom is 0.338 e. The zero-order chi connectivity index (χ0) is 33.2. The highest BCUT2D eigenvalue weighted by atomic mass is 16.7. The van der Waals surface area contributed by atoms with Gasteiger partial charge in [-0.25, -0.2) is 4.79 Å². The first-order valence-electron chi connectivity index (χ1n) is 15.2. The number of anilines is 1. The van der Waals surface area contributed by atoms with Crippen molar-refractivity contribution < 1.29 is 53.4 Å². The van der Waals surface area contributed by atoms with Crippen molar-refractivity contribution in [3.63, 3.8) is 0 Å². The molecule has 2 heterocycles. The number of esters is 3. The van der Waals surface area contributed by atoms with Crippen LogP contribution in [0.5, 0.6) is 0 Å². The minimum absolute atomic E-state index is 0.165. The number of hydrogen-bond donors (Lipinski definition) is 4. The van der Waals surface area contributed by atoms with Gasteiger partial charge in [-0.3, -0.25) is 24.6 Å². The molecule has 0 aromatic heterocycles. The Morgan fingerprint density at radius 3 is 2.48 bits per heavy atom. The second-order valence-corrected chi connectivity index (χ2v) is 10.9. The summed E-state index contributed by atoms with van der Waals surface area (Å²) in [6.45, 7) is 4.46. The van der Waals surface area contributed by atoms with Crippen molar-refractivity contribution in [1.82, 2.24) is 5.32 Å². The van der Waals surface area contributed by atoms with Crippen LogP contribution in [-0.2, 0) is 51.0 Å². The number of rotatable bonds is 13. The topological polar surface area (TPSA) is 181 Å². The molecule has 0 radical (unpaired) electrons. The summed E-state index contributed by atoms with van der Waals surface area (Å²) >= 11 is 0. The molecule has 2 aliphatic rings. The first kappa shape index (κ1) is 34.7. The molecule has 13 nitrogen and oxygen atoms in total. The van der Waals surface area contributed by atoms with Crippen molar-refractivity contribution in [2.45, 2.75) is 75.4 Å². The predicted octanol–water partition coefficient (Wildman–Crippen LogP) is 0.569. The number of nitrogens with zero attached hydrogens (tertiary/aromatic N) is 1. The van der Waals surface area contributed by atoms with E-state index in [1.807, 2.05) is 36.4 Å². The van der Waals surface area contributed by atoms with Crippen LogP contribution in [0.4, 0.5) is 5.69 Å². The summed E-state index contributed by atoms with van der Waals surface area (Å²) in [6.07, 6.45) is -6.30. The molecule has 2 aliphatic heterocycles. The van der Waals surface area contributed by atoms with Crippen molar-refractivity contribution in [1.29, 1.82) is 0 Å². The summed E-state index contributed by atoms with van der Waals surface area (Å²) in [5, 5.41) is 34.2. The van der Waals surface area contributed by atoms with E-state index < -0.39 is 73.1 Å². The van der Waals surface area contributed by atoms with Gasteiger partial charge in [-0.1, -0.05) is 61.2 Å². The second kappa shape index (κ2) is 16.4. The van der Waals surface area contributed by atoms with Crippen molar-refractivity contribution in [3.8, 4) is 0 Å². The van der Waals surface area contributed by atoms with Gasteiger partial charge >= 0.3 is 17.9 Å². The van der Waals surface area contributed by atoms with Crippen molar-refractivity contribution in [2.75, 3.05) is 24.7 Å². The number of aryl methyl sites for hydroxylation is 2. The van der Waals surface area contributed by atoms with E-state index in [2.05, 4.69) is 11.9 Å². The fraction of sp³-hybridized carbons (Fsp3) is 0.455. The number of hydrogen-bond acceptors (Lipinski definition) is 12. The molecule has 2 aromatic rings. The molecule has 2 unspecified atom stereocenters. The molecule has 248 valence electrons. The molecular formula is C33H40N2O11. The van der Waals surface area contributed by atoms with Gasteiger partial charge in [-0.2, -0.15) is 0 Å². The van der Waals surface area contributed by atoms with Crippen LogP contribution in [0.3, 0.4) is 0 Å². The van der Waals surface area contributed by atoms with Crippen LogP contribution < -0.4 is 10.2 Å². The number of carbonyl (C=O) groups is 4. The first-order chi connectivity index (χ1) is 22.1. The van der Waals surface area contributed by atoms with Gasteiger partial charge in [-0.05, 0) is 49.8 Å². The number of carbonyl (C=O) groups excluding carboxylic acids is 4. The predicted molar refractivity (Wildman–Crippen MR) is 163 cm³/mol. The van der Waals surface area contributed by atoms with Crippen LogP contribution >= 0.6 is 0 Å². The Balaban J connectivity index is 1.51. The highest BCUT2D eigenvalue weighted by Gasteiger charge is 2.49. The van der Waals surface area contributed by atoms with Gasteiger partial charge in [0, 0.05) is 5.69 Å². The number of aliphatic hydroxyl groups excluding tert-OH is 3. The number of benzene rings is 2. The Morgan fingerprint density at radius 1 is 1.04 bits per heavy atom. The van der Waals surface area contributed by atoms with E-state index >= 15 is 0 Å². The molecule has 0 bridgehead atoms. The fourth-order valence-electron chi connectivity index (χ4n) is 5.40. The molecular weight excluding hydrogens is 600 g/mol. The quantitative estimate of drug-likeness (QED) is 0.136. The van der Waals surface area contributed by atoms with Crippen LogP contribution in [0, 0.1) is 0 Å². The Bertz CT molecular complexity index is 1370. The largest absolute Gasteiger partial charge is 0.465 e. The lowest BCUT2D eigenvalue weighted by Gasteiger charge is -2.38. The number of fused-ring (bicyclic) bond motifs is 1. The van der Waals surface area contributed by atoms with Crippen LogP contribution in [0.2, 0.25) is 0 Å². The lowest BCUT2D eigenvalue weighted by Crippen LogP contribution is -2.61. The highest BCUT2D eigenvalue weighted by Crippen LogP contribution is 2.28. The fourth-order valence-corrected chi connectivity index (χ4v) is 5.40. The molecule has 0 saturated carbocycles. The van der Waals surface area contributed by atoms with E-state index in [9.17, 15) is 34.5 Å². The number of nitrogens with one attached hydrogen (secondary N) is 1. The average Bonchev–Trinajstić information content (AvgIpc) is 3.18. The number of aliphatic hydroxyl groups is 3. The molecule has 2 aromatic carbocycles. The van der Waals surface area contributed by atoms with E-state index in [1.165, 1.54) is 11.0 Å². The molecule has 13 heteroatoms. The number of ether oxygens (including phenoxy) is 4. The summed E-state index contributed by atoms with van der Waals surface area (Å²) in [6, 6.07) is 14.9. The van der Waals surface area contributed by atoms with Crippen LogP contribution in [0.25, 0.3) is 0 Å². The normalized spacial score (nSPS) is 25.0. The smallest absolute Gasteiger partial charge is 0.338 e. The first-order valence-corrected chi connectivity index (χ1v) is 15.2. The summed E-state index contributed by atoms with van der Waals surface area (Å²) in [7, 11) is 0. The Kier molecular flexibility index (Phi) is 12.4. The monoisotopic (exact) mass is 640 g/mol. The summed E-state index contributed by atoms with van der Waals surface area (Å²) < 4.78 is 20.8. The van der Waals surface area contributed by atoms with E-state index in [0.717, 1.165) is 11.1 Å².